The van der Waals surface area contributed by atoms with Gasteiger partial charge in [-0.2, -0.15) is 5.10 Å². The van der Waals surface area contributed by atoms with Crippen LogP contribution in [0.2, 0.25) is 0 Å². The first-order valence-electron chi connectivity index (χ1n) is 9.26. The van der Waals surface area contributed by atoms with Crippen molar-refractivity contribution in [1.29, 1.82) is 0 Å². The Bertz CT molecular complexity index is 707. The Hall–Kier alpha value is -1.99. The maximum atomic E-state index is 9.99. The highest BCUT2D eigenvalue weighted by Gasteiger charge is 2.21. The highest BCUT2D eigenvalue weighted by molar-refractivity contribution is 5.31. The van der Waals surface area contributed by atoms with Crippen molar-refractivity contribution in [2.24, 2.45) is 0 Å². The molecule has 0 saturated carbocycles. The van der Waals surface area contributed by atoms with Crippen molar-refractivity contribution in [2.45, 2.75) is 51.9 Å². The van der Waals surface area contributed by atoms with Gasteiger partial charge in [-0.1, -0.05) is 6.92 Å². The van der Waals surface area contributed by atoms with Gasteiger partial charge >= 0.3 is 0 Å². The summed E-state index contributed by atoms with van der Waals surface area (Å²) in [6.07, 6.45) is 6.62. The fourth-order valence-corrected chi connectivity index (χ4v) is 3.62. The monoisotopic (exact) mass is 342 g/mol. The van der Waals surface area contributed by atoms with E-state index in [1.54, 1.807) is 0 Å². The molecule has 1 atom stereocenters. The Balaban J connectivity index is 1.39. The second-order valence-corrected chi connectivity index (χ2v) is 7.00. The first-order chi connectivity index (χ1) is 12.2. The van der Waals surface area contributed by atoms with Gasteiger partial charge in [0, 0.05) is 50.7 Å². The standard InChI is InChI=1S/C18H26N6O/c1-2-17(25)16-9-15-13-22(7-8-24(15)21-16)12-14-10-19-18(20-11-14)23-5-3-4-6-23/h9-11,17,25H,2-8,12-13H2,1H3/t17-/m1/s1. The normalized spacial score (nSPS) is 19.2. The molecule has 4 heterocycles. The van der Waals surface area contributed by atoms with E-state index in [4.69, 9.17) is 0 Å². The molecule has 2 aliphatic heterocycles. The van der Waals surface area contributed by atoms with E-state index in [0.29, 0.717) is 6.42 Å². The first kappa shape index (κ1) is 16.5. The number of nitrogens with zero attached hydrogens (tertiary/aromatic N) is 6. The van der Waals surface area contributed by atoms with Crippen LogP contribution in [0.4, 0.5) is 5.95 Å². The first-order valence-corrected chi connectivity index (χ1v) is 9.26. The minimum Gasteiger partial charge on any atom is -0.387 e. The molecule has 0 radical (unpaired) electrons. The number of aromatic nitrogens is 4. The molecule has 7 nitrogen and oxygen atoms in total. The summed E-state index contributed by atoms with van der Waals surface area (Å²) in [7, 11) is 0. The molecule has 0 spiro atoms. The van der Waals surface area contributed by atoms with Crippen LogP contribution in [0.15, 0.2) is 18.5 Å². The smallest absolute Gasteiger partial charge is 0.225 e. The van der Waals surface area contributed by atoms with Crippen LogP contribution in [0.3, 0.4) is 0 Å². The fourth-order valence-electron chi connectivity index (χ4n) is 3.62. The number of hydrogen-bond donors (Lipinski definition) is 1. The zero-order valence-electron chi connectivity index (χ0n) is 14.8. The molecule has 1 fully saturated rings. The molecule has 25 heavy (non-hydrogen) atoms. The number of fused-ring (bicyclic) bond motifs is 1. The summed E-state index contributed by atoms with van der Waals surface area (Å²) in [4.78, 5) is 13.7. The molecular weight excluding hydrogens is 316 g/mol. The van der Waals surface area contributed by atoms with Crippen molar-refractivity contribution in [1.82, 2.24) is 24.6 Å². The van der Waals surface area contributed by atoms with Crippen LogP contribution in [-0.2, 0) is 19.6 Å². The van der Waals surface area contributed by atoms with Gasteiger partial charge in [0.25, 0.3) is 0 Å². The average molecular weight is 342 g/mol. The van der Waals surface area contributed by atoms with Crippen LogP contribution in [0.1, 0.15) is 49.2 Å². The number of aliphatic hydroxyl groups excluding tert-OH is 1. The number of aliphatic hydroxyl groups is 1. The lowest BCUT2D eigenvalue weighted by Crippen LogP contribution is -2.33. The van der Waals surface area contributed by atoms with Crippen LogP contribution < -0.4 is 4.90 Å². The van der Waals surface area contributed by atoms with Crippen LogP contribution in [0.5, 0.6) is 0 Å². The number of hydrogen-bond acceptors (Lipinski definition) is 6. The maximum absolute atomic E-state index is 9.99. The zero-order valence-corrected chi connectivity index (χ0v) is 14.8. The highest BCUT2D eigenvalue weighted by Crippen LogP contribution is 2.21. The van der Waals surface area contributed by atoms with Gasteiger partial charge in [-0.3, -0.25) is 9.58 Å². The molecule has 7 heteroatoms. The summed E-state index contributed by atoms with van der Waals surface area (Å²) in [6.45, 7) is 7.61. The third kappa shape index (κ3) is 3.52. The molecule has 1 saturated heterocycles. The van der Waals surface area contributed by atoms with Gasteiger partial charge in [0.15, 0.2) is 0 Å². The quantitative estimate of drug-likeness (QED) is 0.892. The van der Waals surface area contributed by atoms with Gasteiger partial charge in [0.2, 0.25) is 5.95 Å². The predicted molar refractivity (Wildman–Crippen MR) is 95.1 cm³/mol. The molecule has 0 aliphatic carbocycles. The zero-order chi connectivity index (χ0) is 17.2. The number of rotatable bonds is 5. The molecule has 2 aromatic rings. The van der Waals surface area contributed by atoms with E-state index in [9.17, 15) is 5.11 Å². The van der Waals surface area contributed by atoms with Gasteiger partial charge in [-0.15, -0.1) is 0 Å². The lowest BCUT2D eigenvalue weighted by Gasteiger charge is -2.27. The molecular formula is C18H26N6O. The Morgan fingerprint density at radius 3 is 2.60 bits per heavy atom. The third-order valence-corrected chi connectivity index (χ3v) is 5.11. The molecule has 1 N–H and O–H groups in total. The van der Waals surface area contributed by atoms with Crippen LogP contribution in [0, 0.1) is 0 Å². The summed E-state index contributed by atoms with van der Waals surface area (Å²) in [5.41, 5.74) is 3.10. The molecule has 2 aromatic heterocycles. The summed E-state index contributed by atoms with van der Waals surface area (Å²) in [6, 6.07) is 2.04. The lowest BCUT2D eigenvalue weighted by molar-refractivity contribution is 0.166. The van der Waals surface area contributed by atoms with Crippen molar-refractivity contribution in [2.75, 3.05) is 24.5 Å². The van der Waals surface area contributed by atoms with Gasteiger partial charge in [-0.25, -0.2) is 9.97 Å². The molecule has 0 bridgehead atoms. The van der Waals surface area contributed by atoms with Gasteiger partial charge in [0.05, 0.1) is 24.0 Å². The highest BCUT2D eigenvalue weighted by atomic mass is 16.3. The van der Waals surface area contributed by atoms with E-state index >= 15 is 0 Å². The summed E-state index contributed by atoms with van der Waals surface area (Å²) < 4.78 is 2.03. The van der Waals surface area contributed by atoms with Crippen molar-refractivity contribution in [3.05, 3.63) is 35.4 Å². The Morgan fingerprint density at radius 2 is 1.88 bits per heavy atom. The SMILES string of the molecule is CC[C@@H](O)c1cc2n(n1)CCN(Cc1cnc(N3CCCC3)nc1)C2. The molecule has 0 unspecified atom stereocenters. The summed E-state index contributed by atoms with van der Waals surface area (Å²) in [5, 5.41) is 14.5. The van der Waals surface area contributed by atoms with E-state index in [2.05, 4.69) is 24.9 Å². The molecule has 2 aliphatic rings. The lowest BCUT2D eigenvalue weighted by atomic mass is 10.2. The van der Waals surface area contributed by atoms with Gasteiger partial charge < -0.3 is 10.0 Å². The van der Waals surface area contributed by atoms with Crippen molar-refractivity contribution >= 4 is 5.95 Å². The van der Waals surface area contributed by atoms with Gasteiger partial charge in [-0.05, 0) is 25.3 Å². The second-order valence-electron chi connectivity index (χ2n) is 7.00. The van der Waals surface area contributed by atoms with Crippen LogP contribution in [-0.4, -0.2) is 49.4 Å². The summed E-state index contributed by atoms with van der Waals surface area (Å²) >= 11 is 0. The fraction of sp³-hybridized carbons (Fsp3) is 0.611. The Labute approximate surface area is 148 Å². The molecule has 4 rings (SSSR count). The van der Waals surface area contributed by atoms with Gasteiger partial charge in [0.1, 0.15) is 0 Å². The Morgan fingerprint density at radius 1 is 1.12 bits per heavy atom. The number of anilines is 1. The second kappa shape index (κ2) is 7.09. The minimum atomic E-state index is -0.460. The van der Waals surface area contributed by atoms with Crippen LogP contribution >= 0.6 is 0 Å². The van der Waals surface area contributed by atoms with Crippen LogP contribution in [0.25, 0.3) is 0 Å². The van der Waals surface area contributed by atoms with Crippen molar-refractivity contribution < 1.29 is 5.11 Å². The molecule has 0 amide bonds. The van der Waals surface area contributed by atoms with E-state index in [0.717, 1.165) is 56.5 Å². The Kier molecular flexibility index (Phi) is 4.67. The van der Waals surface area contributed by atoms with E-state index in [1.165, 1.54) is 18.5 Å². The minimum absolute atomic E-state index is 0.460. The topological polar surface area (TPSA) is 70.3 Å². The maximum Gasteiger partial charge on any atom is 0.225 e. The molecule has 0 aromatic carbocycles. The predicted octanol–water partition coefficient (Wildman–Crippen LogP) is 1.73. The summed E-state index contributed by atoms with van der Waals surface area (Å²) in [5.74, 6) is 0.858. The third-order valence-electron chi connectivity index (χ3n) is 5.11. The largest absolute Gasteiger partial charge is 0.387 e. The van der Waals surface area contributed by atoms with Crippen molar-refractivity contribution in [3.63, 3.8) is 0 Å². The van der Waals surface area contributed by atoms with E-state index in [-0.39, 0.29) is 0 Å². The average Bonchev–Trinajstić information content (AvgIpc) is 3.31. The van der Waals surface area contributed by atoms with E-state index < -0.39 is 6.10 Å². The molecule has 134 valence electrons. The van der Waals surface area contributed by atoms with Crippen molar-refractivity contribution in [3.8, 4) is 0 Å². The van der Waals surface area contributed by atoms with E-state index in [1.807, 2.05) is 30.1 Å².